The third kappa shape index (κ3) is 6.32. The average molecular weight is 548 g/mol. The number of sulfonamides is 1. The zero-order valence-corrected chi connectivity index (χ0v) is 22.8. The predicted octanol–water partition coefficient (Wildman–Crippen LogP) is 2.24. The molecular weight excluding hydrogens is 514 g/mol. The number of carbonyl (C=O) groups is 2. The fourth-order valence-electron chi connectivity index (χ4n) is 4.45. The van der Waals surface area contributed by atoms with Crippen LogP contribution in [0.5, 0.6) is 0 Å². The van der Waals surface area contributed by atoms with E-state index >= 15 is 0 Å². The summed E-state index contributed by atoms with van der Waals surface area (Å²) in [5.41, 5.74) is 8.51. The number of para-hydroxylation sites is 1. The van der Waals surface area contributed by atoms with Crippen molar-refractivity contribution in [2.75, 3.05) is 13.1 Å². The van der Waals surface area contributed by atoms with E-state index in [4.69, 9.17) is 5.73 Å². The number of fused-ring (bicyclic) bond motifs is 2. The second kappa shape index (κ2) is 11.2. The van der Waals surface area contributed by atoms with Crippen LogP contribution in [0.2, 0.25) is 0 Å². The Kier molecular flexibility index (Phi) is 8.69. The van der Waals surface area contributed by atoms with Crippen molar-refractivity contribution in [1.29, 1.82) is 0 Å². The minimum absolute atomic E-state index is 0. The Morgan fingerprint density at radius 1 is 1.16 bits per heavy atom. The van der Waals surface area contributed by atoms with Crippen LogP contribution in [0.25, 0.3) is 10.9 Å². The van der Waals surface area contributed by atoms with Crippen LogP contribution in [0.15, 0.2) is 53.6 Å². The Bertz CT molecular complexity index is 1400. The lowest BCUT2D eigenvalue weighted by Crippen LogP contribution is -2.57. The number of rotatable bonds is 8. The number of H-pyrrole nitrogens is 1. The van der Waals surface area contributed by atoms with E-state index in [9.17, 15) is 18.0 Å². The molecule has 0 fully saturated rings. The summed E-state index contributed by atoms with van der Waals surface area (Å²) in [6.45, 7) is 5.93. The molecule has 2 heterocycles. The van der Waals surface area contributed by atoms with Gasteiger partial charge in [-0.2, -0.15) is 0 Å². The monoisotopic (exact) mass is 547 g/mol. The Morgan fingerprint density at radius 3 is 2.59 bits per heavy atom. The molecule has 0 saturated carbocycles. The second-order valence-corrected chi connectivity index (χ2v) is 11.5. The molecular formula is C26H34ClN5O4S. The lowest BCUT2D eigenvalue weighted by molar-refractivity contribution is -0.138. The number of amides is 2. The molecule has 2 aromatic carbocycles. The zero-order valence-electron chi connectivity index (χ0n) is 21.2. The van der Waals surface area contributed by atoms with Crippen LogP contribution < -0.4 is 15.8 Å². The number of nitrogens with two attached hydrogens (primary N) is 1. The molecule has 0 aliphatic carbocycles. The van der Waals surface area contributed by atoms with Gasteiger partial charge in [-0.05, 0) is 55.2 Å². The minimum atomic E-state index is -3.61. The van der Waals surface area contributed by atoms with Crippen molar-refractivity contribution in [1.82, 2.24) is 19.9 Å². The van der Waals surface area contributed by atoms with Gasteiger partial charge in [0.25, 0.3) is 0 Å². The fraction of sp³-hybridized carbons (Fsp3) is 0.385. The normalized spacial score (nSPS) is 14.5. The Labute approximate surface area is 223 Å². The highest BCUT2D eigenvalue weighted by Crippen LogP contribution is 2.25. The van der Waals surface area contributed by atoms with Crippen molar-refractivity contribution in [3.05, 3.63) is 65.4 Å². The summed E-state index contributed by atoms with van der Waals surface area (Å²) in [5.74, 6) is -0.652. The highest BCUT2D eigenvalue weighted by atomic mass is 35.5. The topological polar surface area (TPSA) is 137 Å². The van der Waals surface area contributed by atoms with Gasteiger partial charge in [0, 0.05) is 43.2 Å². The maximum absolute atomic E-state index is 13.7. The Balaban J connectivity index is 0.00000380. The van der Waals surface area contributed by atoms with Gasteiger partial charge in [0.2, 0.25) is 21.8 Å². The van der Waals surface area contributed by atoms with Gasteiger partial charge < -0.3 is 20.9 Å². The average Bonchev–Trinajstić information content (AvgIpc) is 3.24. The van der Waals surface area contributed by atoms with E-state index in [1.54, 1.807) is 37.8 Å². The highest BCUT2D eigenvalue weighted by Gasteiger charge is 2.33. The van der Waals surface area contributed by atoms with Gasteiger partial charge in [-0.1, -0.05) is 31.2 Å². The molecule has 1 aromatic heterocycles. The number of aromatic amines is 1. The van der Waals surface area contributed by atoms with Crippen molar-refractivity contribution >= 4 is 45.1 Å². The first-order valence-corrected chi connectivity index (χ1v) is 13.5. The summed E-state index contributed by atoms with van der Waals surface area (Å²) in [6.07, 6.45) is 2.75. The largest absolute Gasteiger partial charge is 0.361 e. The molecule has 1 atom stereocenters. The summed E-state index contributed by atoms with van der Waals surface area (Å²) >= 11 is 0. The van der Waals surface area contributed by atoms with Gasteiger partial charge in [-0.25, -0.2) is 13.1 Å². The predicted molar refractivity (Wildman–Crippen MR) is 146 cm³/mol. The van der Waals surface area contributed by atoms with Crippen LogP contribution in [0.4, 0.5) is 0 Å². The van der Waals surface area contributed by atoms with Gasteiger partial charge in [-0.15, -0.1) is 12.4 Å². The van der Waals surface area contributed by atoms with Crippen molar-refractivity contribution < 1.29 is 18.0 Å². The summed E-state index contributed by atoms with van der Waals surface area (Å²) in [4.78, 5) is 31.6. The van der Waals surface area contributed by atoms with Gasteiger partial charge >= 0.3 is 0 Å². The zero-order chi connectivity index (χ0) is 26.1. The summed E-state index contributed by atoms with van der Waals surface area (Å²) in [5, 5.41) is 3.84. The molecule has 0 radical (unpaired) electrons. The lowest BCUT2D eigenvalue weighted by Gasteiger charge is -2.33. The van der Waals surface area contributed by atoms with Crippen LogP contribution in [0, 0.1) is 0 Å². The van der Waals surface area contributed by atoms with E-state index in [2.05, 4.69) is 15.0 Å². The van der Waals surface area contributed by atoms with Gasteiger partial charge in [0.1, 0.15) is 6.04 Å². The number of halogens is 1. The molecule has 1 aliphatic heterocycles. The van der Waals surface area contributed by atoms with Crippen LogP contribution in [0.3, 0.4) is 0 Å². The molecule has 11 heteroatoms. The first kappa shape index (κ1) is 28.6. The smallest absolute Gasteiger partial charge is 0.245 e. The lowest BCUT2D eigenvalue weighted by atomic mass is 9.97. The molecule has 37 heavy (non-hydrogen) atoms. The van der Waals surface area contributed by atoms with E-state index in [0.717, 1.165) is 27.6 Å². The maximum Gasteiger partial charge on any atom is 0.245 e. The van der Waals surface area contributed by atoms with Crippen molar-refractivity contribution in [2.24, 2.45) is 5.73 Å². The van der Waals surface area contributed by atoms with Crippen LogP contribution in [0.1, 0.15) is 37.5 Å². The molecule has 2 amide bonds. The molecule has 3 aromatic rings. The van der Waals surface area contributed by atoms with E-state index < -0.39 is 27.5 Å². The Morgan fingerprint density at radius 2 is 1.89 bits per heavy atom. The summed E-state index contributed by atoms with van der Waals surface area (Å²) in [7, 11) is -3.61. The quantitative estimate of drug-likeness (QED) is 0.343. The van der Waals surface area contributed by atoms with Crippen molar-refractivity contribution in [2.45, 2.75) is 56.6 Å². The van der Waals surface area contributed by atoms with Gasteiger partial charge in [0.15, 0.2) is 0 Å². The van der Waals surface area contributed by atoms with E-state index in [0.29, 0.717) is 19.4 Å². The number of hydrogen-bond acceptors (Lipinski definition) is 5. The highest BCUT2D eigenvalue weighted by molar-refractivity contribution is 7.89. The Hall–Kier alpha value is -2.92. The number of nitrogens with one attached hydrogen (secondary N) is 3. The number of carbonyl (C=O) groups excluding carboxylic acids is 2. The van der Waals surface area contributed by atoms with Gasteiger partial charge in [-0.3, -0.25) is 9.59 Å². The van der Waals surface area contributed by atoms with Crippen LogP contribution in [-0.4, -0.2) is 54.8 Å². The number of hydrogen-bond donors (Lipinski definition) is 4. The SMILES string of the molecule is CCNS(=O)(=O)c1ccc2c(c1)CN(C(=O)C(Cc1c[nH]c3ccccc13)NC(=O)C(C)(C)N)CC2.Cl. The third-order valence-electron chi connectivity index (χ3n) is 6.43. The molecule has 1 unspecified atom stereocenters. The minimum Gasteiger partial charge on any atom is -0.361 e. The molecule has 200 valence electrons. The van der Waals surface area contributed by atoms with Crippen LogP contribution >= 0.6 is 12.4 Å². The third-order valence-corrected chi connectivity index (χ3v) is 7.98. The van der Waals surface area contributed by atoms with E-state index in [1.165, 1.54) is 0 Å². The standard InChI is InChI=1S/C26H33N5O4S.ClH/c1-4-29-36(34,35)20-10-9-17-11-12-31(16-19(17)13-20)24(32)23(30-25(33)26(2,3)27)14-18-15-28-22-8-6-5-7-21(18)22;/h5-10,13,15,23,28-29H,4,11-12,14,16,27H2,1-3H3,(H,30,33);1H. The number of nitrogens with zero attached hydrogens (tertiary/aromatic N) is 1. The van der Waals surface area contributed by atoms with E-state index in [-0.39, 0.29) is 36.3 Å². The molecule has 4 rings (SSSR count). The molecule has 9 nitrogen and oxygen atoms in total. The first-order chi connectivity index (χ1) is 17.0. The summed E-state index contributed by atoms with van der Waals surface area (Å²) < 4.78 is 27.5. The number of aromatic nitrogens is 1. The fourth-order valence-corrected chi connectivity index (χ4v) is 5.54. The molecule has 5 N–H and O–H groups in total. The van der Waals surface area contributed by atoms with Crippen LogP contribution in [-0.2, 0) is 39.0 Å². The second-order valence-electron chi connectivity index (χ2n) is 9.75. The van der Waals surface area contributed by atoms with Gasteiger partial charge in [0.05, 0.1) is 10.4 Å². The first-order valence-electron chi connectivity index (χ1n) is 12.0. The van der Waals surface area contributed by atoms with E-state index in [1.807, 2.05) is 36.5 Å². The molecule has 0 spiro atoms. The molecule has 1 aliphatic rings. The summed E-state index contributed by atoms with van der Waals surface area (Å²) in [6, 6.07) is 12.0. The van der Waals surface area contributed by atoms with Crippen molar-refractivity contribution in [3.8, 4) is 0 Å². The molecule has 0 saturated heterocycles. The number of benzene rings is 2. The molecule has 0 bridgehead atoms. The van der Waals surface area contributed by atoms with Crippen molar-refractivity contribution in [3.63, 3.8) is 0 Å². The maximum atomic E-state index is 13.7.